The number of para-hydroxylation sites is 1. The van der Waals surface area contributed by atoms with Crippen molar-refractivity contribution in [2.24, 2.45) is 0 Å². The van der Waals surface area contributed by atoms with Crippen molar-refractivity contribution in [3.8, 4) is 11.3 Å². The normalized spacial score (nSPS) is 12.9. The molecule has 0 saturated carbocycles. The van der Waals surface area contributed by atoms with E-state index >= 15 is 0 Å². The molecule has 0 amide bonds. The zero-order valence-corrected chi connectivity index (χ0v) is 21.3. The molecular weight excluding hydrogens is 456 g/mol. The highest BCUT2D eigenvalue weighted by molar-refractivity contribution is 7.26. The fraction of sp³-hybridized carbons (Fsp3) is 0.121. The molecule has 0 N–H and O–H groups in total. The molecule has 0 bridgehead atoms. The fourth-order valence-corrected chi connectivity index (χ4v) is 7.19. The van der Waals surface area contributed by atoms with Gasteiger partial charge in [0.2, 0.25) is 0 Å². The van der Waals surface area contributed by atoms with Crippen LogP contribution < -0.4 is 0 Å². The Morgan fingerprint density at radius 2 is 1.47 bits per heavy atom. The Hall–Kier alpha value is -3.95. The van der Waals surface area contributed by atoms with Crippen LogP contribution in [0.25, 0.3) is 69.5 Å². The topological polar surface area (TPSA) is 17.3 Å². The van der Waals surface area contributed by atoms with E-state index in [9.17, 15) is 0 Å². The highest BCUT2D eigenvalue weighted by Gasteiger charge is 2.22. The molecule has 8 rings (SSSR count). The first-order chi connectivity index (χ1) is 17.5. The van der Waals surface area contributed by atoms with Crippen LogP contribution >= 0.6 is 11.3 Å². The van der Waals surface area contributed by atoms with E-state index in [2.05, 4.69) is 110 Å². The van der Waals surface area contributed by atoms with E-state index in [-0.39, 0.29) is 5.41 Å². The molecule has 0 unspecified atom stereocenters. The van der Waals surface area contributed by atoms with Gasteiger partial charge in [-0.1, -0.05) is 63.2 Å². The number of hydrogen-bond donors (Lipinski definition) is 0. The van der Waals surface area contributed by atoms with E-state index in [1.165, 1.54) is 69.4 Å². The maximum absolute atomic E-state index is 4.78. The highest BCUT2D eigenvalue weighted by atomic mass is 32.1. The van der Waals surface area contributed by atoms with Gasteiger partial charge in [-0.3, -0.25) is 4.98 Å². The number of nitrogens with zero attached hydrogens (tertiary/aromatic N) is 2. The number of aromatic nitrogens is 2. The maximum Gasteiger partial charge on any atom is 0.0705 e. The minimum absolute atomic E-state index is 0.0838. The Kier molecular flexibility index (Phi) is 3.85. The van der Waals surface area contributed by atoms with Crippen molar-refractivity contribution in [1.29, 1.82) is 0 Å². The third-order valence-corrected chi connectivity index (χ3v) is 8.93. The van der Waals surface area contributed by atoms with Gasteiger partial charge in [-0.2, -0.15) is 0 Å². The Morgan fingerprint density at radius 1 is 0.694 bits per heavy atom. The van der Waals surface area contributed by atoms with E-state index < -0.39 is 0 Å². The number of benzene rings is 4. The molecule has 3 heteroatoms. The molecule has 172 valence electrons. The molecule has 2 nitrogen and oxygen atoms in total. The van der Waals surface area contributed by atoms with Crippen LogP contribution in [0.1, 0.15) is 26.3 Å². The summed E-state index contributed by atoms with van der Waals surface area (Å²) in [5.74, 6) is 0. The molecule has 0 atom stereocenters. The first-order valence-electron chi connectivity index (χ1n) is 12.5. The lowest BCUT2D eigenvalue weighted by Crippen LogP contribution is -2.11. The summed E-state index contributed by atoms with van der Waals surface area (Å²) in [6.07, 6.45) is 1.95. The van der Waals surface area contributed by atoms with E-state index in [1.807, 2.05) is 17.5 Å². The standard InChI is InChI=1S/C33H24N2S/c1-33(2,3)20-14-15-34-26(17-20)19-12-13-28-25(16-19)30-31-23(21-8-4-6-10-27(21)35(28)31)18-24-22-9-5-7-11-29(22)36-32(24)30/h4-18H,1-3H3. The minimum atomic E-state index is 0.0838. The van der Waals surface area contributed by atoms with E-state index in [0.717, 1.165) is 5.69 Å². The van der Waals surface area contributed by atoms with Crippen LogP contribution in [0.2, 0.25) is 0 Å². The summed E-state index contributed by atoms with van der Waals surface area (Å²) in [5, 5.41) is 8.02. The quantitative estimate of drug-likeness (QED) is 0.229. The van der Waals surface area contributed by atoms with Gasteiger partial charge in [0, 0.05) is 53.5 Å². The van der Waals surface area contributed by atoms with Gasteiger partial charge in [0.25, 0.3) is 0 Å². The predicted octanol–water partition coefficient (Wildman–Crippen LogP) is 9.56. The molecule has 0 radical (unpaired) electrons. The Morgan fingerprint density at radius 3 is 2.33 bits per heavy atom. The Balaban J connectivity index is 1.56. The number of pyridine rings is 1. The molecule has 0 saturated heterocycles. The van der Waals surface area contributed by atoms with Crippen LogP contribution in [0, 0.1) is 0 Å². The second-order valence-electron chi connectivity index (χ2n) is 10.9. The van der Waals surface area contributed by atoms with Crippen molar-refractivity contribution in [3.63, 3.8) is 0 Å². The van der Waals surface area contributed by atoms with E-state index in [0.29, 0.717) is 0 Å². The molecule has 0 fully saturated rings. The lowest BCUT2D eigenvalue weighted by molar-refractivity contribution is 0.589. The summed E-state index contributed by atoms with van der Waals surface area (Å²) in [6.45, 7) is 6.77. The lowest BCUT2D eigenvalue weighted by atomic mass is 9.87. The van der Waals surface area contributed by atoms with Gasteiger partial charge in [0.05, 0.1) is 22.2 Å². The van der Waals surface area contributed by atoms with Crippen LogP contribution in [-0.4, -0.2) is 9.38 Å². The summed E-state index contributed by atoms with van der Waals surface area (Å²) in [4.78, 5) is 4.78. The summed E-state index contributed by atoms with van der Waals surface area (Å²) >= 11 is 1.91. The van der Waals surface area contributed by atoms with Gasteiger partial charge in [-0.25, -0.2) is 0 Å². The molecule has 36 heavy (non-hydrogen) atoms. The van der Waals surface area contributed by atoms with Crippen LogP contribution in [0.5, 0.6) is 0 Å². The van der Waals surface area contributed by atoms with Gasteiger partial charge in [0.1, 0.15) is 0 Å². The van der Waals surface area contributed by atoms with Crippen molar-refractivity contribution in [3.05, 3.63) is 96.7 Å². The first kappa shape index (κ1) is 20.3. The number of hydrogen-bond acceptors (Lipinski definition) is 2. The van der Waals surface area contributed by atoms with Crippen molar-refractivity contribution in [1.82, 2.24) is 9.38 Å². The molecule has 0 aliphatic carbocycles. The Labute approximate surface area is 212 Å². The first-order valence-corrected chi connectivity index (χ1v) is 13.3. The van der Waals surface area contributed by atoms with E-state index in [4.69, 9.17) is 4.98 Å². The largest absolute Gasteiger partial charge is 0.308 e. The summed E-state index contributed by atoms with van der Waals surface area (Å²) in [7, 11) is 0. The van der Waals surface area contributed by atoms with Crippen LogP contribution in [0.3, 0.4) is 0 Å². The SMILES string of the molecule is CC(C)(C)c1ccnc(-c2ccc3c(c2)c2c4sc5ccccc5c4cc4c5ccccc5n3c42)c1. The zero-order chi connectivity index (χ0) is 24.2. The number of rotatable bonds is 1. The van der Waals surface area contributed by atoms with Gasteiger partial charge in [-0.05, 0) is 53.4 Å². The summed E-state index contributed by atoms with van der Waals surface area (Å²) in [6, 6.07) is 31.3. The number of fused-ring (bicyclic) bond motifs is 10. The molecule has 0 aliphatic rings. The Bertz CT molecular complexity index is 2140. The predicted molar refractivity (Wildman–Crippen MR) is 156 cm³/mol. The molecule has 4 aromatic carbocycles. The molecular formula is C33H24N2S. The molecule has 4 heterocycles. The number of thiophene rings is 1. The smallest absolute Gasteiger partial charge is 0.0705 e. The van der Waals surface area contributed by atoms with Crippen molar-refractivity contribution in [2.45, 2.75) is 26.2 Å². The molecule has 0 aliphatic heterocycles. The molecule has 4 aromatic heterocycles. The van der Waals surface area contributed by atoms with Crippen molar-refractivity contribution in [2.75, 3.05) is 0 Å². The van der Waals surface area contributed by atoms with Crippen LogP contribution in [0.4, 0.5) is 0 Å². The fourth-order valence-electron chi connectivity index (χ4n) is 5.95. The van der Waals surface area contributed by atoms with Crippen molar-refractivity contribution >= 4 is 69.6 Å². The second kappa shape index (κ2) is 6.83. The second-order valence-corrected chi connectivity index (χ2v) is 11.9. The summed E-state index contributed by atoms with van der Waals surface area (Å²) < 4.78 is 5.19. The van der Waals surface area contributed by atoms with Gasteiger partial charge < -0.3 is 4.40 Å². The average molecular weight is 481 g/mol. The van der Waals surface area contributed by atoms with Gasteiger partial charge in [-0.15, -0.1) is 11.3 Å². The van der Waals surface area contributed by atoms with E-state index in [1.54, 1.807) is 0 Å². The highest BCUT2D eigenvalue weighted by Crippen LogP contribution is 2.47. The van der Waals surface area contributed by atoms with Crippen molar-refractivity contribution < 1.29 is 0 Å². The monoisotopic (exact) mass is 480 g/mol. The molecule has 8 aromatic rings. The van der Waals surface area contributed by atoms with Crippen LogP contribution in [-0.2, 0) is 5.41 Å². The zero-order valence-electron chi connectivity index (χ0n) is 20.5. The van der Waals surface area contributed by atoms with Gasteiger partial charge in [0.15, 0.2) is 0 Å². The maximum atomic E-state index is 4.78. The average Bonchev–Trinajstić information content (AvgIpc) is 3.54. The lowest BCUT2D eigenvalue weighted by Gasteiger charge is -2.19. The third kappa shape index (κ3) is 2.58. The third-order valence-electron chi connectivity index (χ3n) is 7.73. The summed E-state index contributed by atoms with van der Waals surface area (Å²) in [5.41, 5.74) is 7.46. The molecule has 0 spiro atoms. The van der Waals surface area contributed by atoms with Gasteiger partial charge >= 0.3 is 0 Å². The van der Waals surface area contributed by atoms with Crippen LogP contribution in [0.15, 0.2) is 91.1 Å². The minimum Gasteiger partial charge on any atom is -0.308 e.